The molecular formula is C17H22Cl2N4O2S. The van der Waals surface area contributed by atoms with Gasteiger partial charge in [-0.1, -0.05) is 23.5 Å². The highest BCUT2D eigenvalue weighted by molar-refractivity contribution is 7.17. The molecule has 0 unspecified atom stereocenters. The Kier molecular flexibility index (Phi) is 6.74. The molecule has 1 aromatic carbocycles. The molecule has 0 bridgehead atoms. The lowest BCUT2D eigenvalue weighted by Gasteiger charge is -2.28. The summed E-state index contributed by atoms with van der Waals surface area (Å²) in [5.41, 5.74) is 6.85. The largest absolute Gasteiger partial charge is 0.497 e. The summed E-state index contributed by atoms with van der Waals surface area (Å²) in [6, 6.07) is 8.11. The quantitative estimate of drug-likeness (QED) is 0.803. The van der Waals surface area contributed by atoms with Gasteiger partial charge in [-0.3, -0.25) is 4.79 Å². The maximum absolute atomic E-state index is 13.0. The summed E-state index contributed by atoms with van der Waals surface area (Å²) in [5, 5.41) is 3.89. The number of carbonyl (C=O) groups excluding carboxylic acids is 1. The summed E-state index contributed by atoms with van der Waals surface area (Å²) < 4.78 is 5.25. The van der Waals surface area contributed by atoms with Crippen molar-refractivity contribution in [1.82, 2.24) is 15.2 Å². The van der Waals surface area contributed by atoms with E-state index in [0.29, 0.717) is 21.8 Å². The normalized spacial score (nSPS) is 23.7. The Labute approximate surface area is 168 Å². The van der Waals surface area contributed by atoms with Crippen LogP contribution in [0.4, 0.5) is 5.13 Å². The number of benzene rings is 1. The zero-order valence-electron chi connectivity index (χ0n) is 14.3. The fourth-order valence-corrected chi connectivity index (χ4v) is 4.53. The van der Waals surface area contributed by atoms with Crippen molar-refractivity contribution in [2.24, 2.45) is 11.8 Å². The number of hydrogen-bond donors (Lipinski definition) is 2. The number of nitrogen functional groups attached to an aromatic ring is 1. The number of nitrogens with one attached hydrogen (secondary N) is 1. The lowest BCUT2D eigenvalue weighted by molar-refractivity contribution is 0.0719. The van der Waals surface area contributed by atoms with E-state index < -0.39 is 0 Å². The lowest BCUT2D eigenvalue weighted by Crippen LogP contribution is -2.34. The molecule has 0 saturated carbocycles. The summed E-state index contributed by atoms with van der Waals surface area (Å²) in [7, 11) is 1.66. The molecule has 1 aromatic heterocycles. The van der Waals surface area contributed by atoms with Gasteiger partial charge in [0.2, 0.25) is 0 Å². The Hall–Kier alpha value is -1.54. The molecule has 2 aliphatic heterocycles. The second-order valence-electron chi connectivity index (χ2n) is 6.32. The molecule has 142 valence electrons. The van der Waals surface area contributed by atoms with Crippen LogP contribution >= 0.6 is 36.2 Å². The minimum absolute atomic E-state index is 0. The van der Waals surface area contributed by atoms with Gasteiger partial charge < -0.3 is 20.7 Å². The molecule has 9 heteroatoms. The maximum Gasteiger partial charge on any atom is 0.266 e. The van der Waals surface area contributed by atoms with Gasteiger partial charge >= 0.3 is 0 Å². The van der Waals surface area contributed by atoms with Gasteiger partial charge in [0.1, 0.15) is 10.6 Å². The number of nitrogens with zero attached hydrogens (tertiary/aromatic N) is 2. The summed E-state index contributed by atoms with van der Waals surface area (Å²) in [5.74, 6) is 1.78. The van der Waals surface area contributed by atoms with Crippen LogP contribution in [0, 0.1) is 11.8 Å². The number of thiazole rings is 1. The van der Waals surface area contributed by atoms with E-state index in [1.54, 1.807) is 13.3 Å². The van der Waals surface area contributed by atoms with E-state index in [1.807, 2.05) is 17.0 Å². The van der Waals surface area contributed by atoms with Crippen LogP contribution < -0.4 is 15.8 Å². The molecule has 0 aliphatic carbocycles. The third kappa shape index (κ3) is 3.62. The van der Waals surface area contributed by atoms with E-state index in [-0.39, 0.29) is 36.8 Å². The Bertz CT molecular complexity index is 755. The minimum atomic E-state index is 0. The van der Waals surface area contributed by atoms with Crippen LogP contribution in [0.1, 0.15) is 21.3 Å². The summed E-state index contributed by atoms with van der Waals surface area (Å²) in [4.78, 5) is 19.6. The van der Waals surface area contributed by atoms with Crippen LogP contribution in [0.5, 0.6) is 5.75 Å². The van der Waals surface area contributed by atoms with Crippen molar-refractivity contribution >= 4 is 47.2 Å². The van der Waals surface area contributed by atoms with Crippen LogP contribution in [0.2, 0.25) is 0 Å². The minimum Gasteiger partial charge on any atom is -0.497 e. The predicted molar refractivity (Wildman–Crippen MR) is 108 cm³/mol. The Morgan fingerprint density at radius 2 is 2.04 bits per heavy atom. The van der Waals surface area contributed by atoms with Gasteiger partial charge in [0.15, 0.2) is 5.13 Å². The lowest BCUT2D eigenvalue weighted by atomic mass is 9.89. The maximum atomic E-state index is 13.0. The molecule has 0 spiro atoms. The second kappa shape index (κ2) is 8.43. The second-order valence-corrected chi connectivity index (χ2v) is 7.38. The predicted octanol–water partition coefficient (Wildman–Crippen LogP) is 2.61. The van der Waals surface area contributed by atoms with E-state index in [0.717, 1.165) is 30.9 Å². The molecule has 4 rings (SSSR count). The fourth-order valence-electron chi connectivity index (χ4n) is 3.89. The third-order valence-corrected chi connectivity index (χ3v) is 5.83. The van der Waals surface area contributed by atoms with Gasteiger partial charge in [0, 0.05) is 25.6 Å². The van der Waals surface area contributed by atoms with Crippen molar-refractivity contribution in [3.05, 3.63) is 40.9 Å². The number of ether oxygens (including phenoxy) is 1. The first-order valence-corrected chi connectivity index (χ1v) is 8.86. The number of likely N-dealkylation sites (tertiary alicyclic amines) is 1. The molecule has 2 aliphatic rings. The van der Waals surface area contributed by atoms with Crippen molar-refractivity contribution in [2.45, 2.75) is 6.04 Å². The number of nitrogens with two attached hydrogens (primary N) is 1. The van der Waals surface area contributed by atoms with E-state index in [9.17, 15) is 4.79 Å². The molecule has 2 fully saturated rings. The molecular weight excluding hydrogens is 395 g/mol. The Morgan fingerprint density at radius 3 is 2.65 bits per heavy atom. The first-order chi connectivity index (χ1) is 11.7. The van der Waals surface area contributed by atoms with Gasteiger partial charge in [-0.25, -0.2) is 4.98 Å². The Morgan fingerprint density at radius 1 is 1.31 bits per heavy atom. The van der Waals surface area contributed by atoms with Crippen molar-refractivity contribution in [3.8, 4) is 5.75 Å². The summed E-state index contributed by atoms with van der Waals surface area (Å²) in [6.45, 7) is 2.67. The van der Waals surface area contributed by atoms with Crippen LogP contribution in [0.3, 0.4) is 0 Å². The van der Waals surface area contributed by atoms with Gasteiger partial charge in [0.05, 0.1) is 19.3 Å². The highest BCUT2D eigenvalue weighted by Gasteiger charge is 2.47. The molecule has 3 atom stereocenters. The van der Waals surface area contributed by atoms with Crippen LogP contribution in [0.15, 0.2) is 30.5 Å². The van der Waals surface area contributed by atoms with Gasteiger partial charge in [0.25, 0.3) is 5.91 Å². The summed E-state index contributed by atoms with van der Waals surface area (Å²) in [6.07, 6.45) is 1.58. The zero-order chi connectivity index (χ0) is 16.7. The molecule has 2 saturated heterocycles. The average molecular weight is 417 g/mol. The molecule has 0 radical (unpaired) electrons. The average Bonchev–Trinajstić information content (AvgIpc) is 3.29. The smallest absolute Gasteiger partial charge is 0.266 e. The Balaban J connectivity index is 0.00000121. The van der Waals surface area contributed by atoms with E-state index in [1.165, 1.54) is 11.3 Å². The van der Waals surface area contributed by atoms with Gasteiger partial charge in [-0.05, 0) is 23.6 Å². The van der Waals surface area contributed by atoms with Crippen molar-refractivity contribution in [2.75, 3.05) is 32.5 Å². The SMILES string of the molecule is COc1ccc([C@H]2[C@H]3CNC[C@H]3CN2C(=O)c2cnc(N)s2)cc1.Cl.Cl. The highest BCUT2D eigenvalue weighted by Crippen LogP contribution is 2.43. The van der Waals surface area contributed by atoms with E-state index >= 15 is 0 Å². The molecule has 6 nitrogen and oxygen atoms in total. The third-order valence-electron chi connectivity index (χ3n) is 5.02. The van der Waals surface area contributed by atoms with Gasteiger partial charge in [-0.2, -0.15) is 0 Å². The first-order valence-electron chi connectivity index (χ1n) is 8.04. The highest BCUT2D eigenvalue weighted by atomic mass is 35.5. The molecule has 26 heavy (non-hydrogen) atoms. The summed E-state index contributed by atoms with van der Waals surface area (Å²) >= 11 is 1.25. The number of halogens is 2. The number of fused-ring (bicyclic) bond motifs is 1. The van der Waals surface area contributed by atoms with Crippen molar-refractivity contribution in [1.29, 1.82) is 0 Å². The van der Waals surface area contributed by atoms with Crippen molar-refractivity contribution in [3.63, 3.8) is 0 Å². The first kappa shape index (κ1) is 20.8. The van der Waals surface area contributed by atoms with Crippen LogP contribution in [-0.2, 0) is 0 Å². The standard InChI is InChI=1S/C17H20N4O2S.2ClH/c1-23-12-4-2-10(3-5-12)15-13-7-19-6-11(13)9-21(15)16(22)14-8-20-17(18)24-14;;/h2-5,8,11,13,15,19H,6-7,9H2,1H3,(H2,18,20);2*1H/t11-,13-,15-;;/m0../s1. The molecule has 1 amide bonds. The number of methoxy groups -OCH3 is 1. The number of amides is 1. The molecule has 3 N–H and O–H groups in total. The van der Waals surface area contributed by atoms with Crippen LogP contribution in [-0.4, -0.2) is 42.5 Å². The number of anilines is 1. The van der Waals surface area contributed by atoms with E-state index in [2.05, 4.69) is 22.4 Å². The zero-order valence-corrected chi connectivity index (χ0v) is 16.7. The number of rotatable bonds is 3. The monoisotopic (exact) mass is 416 g/mol. The van der Waals surface area contributed by atoms with Gasteiger partial charge in [-0.15, -0.1) is 24.8 Å². The molecule has 2 aromatic rings. The number of aromatic nitrogens is 1. The van der Waals surface area contributed by atoms with Crippen LogP contribution in [0.25, 0.3) is 0 Å². The number of hydrogen-bond acceptors (Lipinski definition) is 6. The molecule has 3 heterocycles. The number of carbonyl (C=O) groups is 1. The van der Waals surface area contributed by atoms with E-state index in [4.69, 9.17) is 10.5 Å². The van der Waals surface area contributed by atoms with Crippen molar-refractivity contribution < 1.29 is 9.53 Å². The fraction of sp³-hybridized carbons (Fsp3) is 0.412. The topological polar surface area (TPSA) is 80.5 Å².